The van der Waals surface area contributed by atoms with Crippen LogP contribution in [0.1, 0.15) is 87.6 Å². The van der Waals surface area contributed by atoms with E-state index in [4.69, 9.17) is 0 Å². The molecule has 1 heterocycles. The Bertz CT molecular complexity index is 780. The van der Waals surface area contributed by atoms with Crippen molar-refractivity contribution in [3.8, 4) is 0 Å². The number of rotatable bonds is 8. The number of aromatic nitrogens is 1. The zero-order chi connectivity index (χ0) is 20.9. The molecule has 1 unspecified atom stereocenters. The lowest BCUT2D eigenvalue weighted by Gasteiger charge is -2.33. The summed E-state index contributed by atoms with van der Waals surface area (Å²) in [6.07, 6.45) is 5.82. The van der Waals surface area contributed by atoms with Crippen LogP contribution in [-0.4, -0.2) is 27.3 Å². The Morgan fingerprint density at radius 2 is 1.54 bits per heavy atom. The largest absolute Gasteiger partial charge is 0.329 e. The van der Waals surface area contributed by atoms with Crippen LogP contribution < -0.4 is 0 Å². The predicted octanol–water partition coefficient (Wildman–Crippen LogP) is 5.96. The van der Waals surface area contributed by atoms with Gasteiger partial charge in [0.15, 0.2) is 0 Å². The van der Waals surface area contributed by atoms with Crippen molar-refractivity contribution in [2.24, 2.45) is 5.41 Å². The molecule has 0 aliphatic carbocycles. The number of carbonyl (C=O) groups excluding carboxylic acids is 2. The fraction of sp³-hybridized carbons (Fsp3) is 0.500. The third-order valence-electron chi connectivity index (χ3n) is 6.15. The van der Waals surface area contributed by atoms with E-state index in [0.29, 0.717) is 5.56 Å². The molecule has 152 valence electrons. The van der Waals surface area contributed by atoms with E-state index < -0.39 is 0 Å². The Kier molecular flexibility index (Phi) is 7.22. The third-order valence-corrected chi connectivity index (χ3v) is 6.15. The topological polar surface area (TPSA) is 42.3 Å². The van der Waals surface area contributed by atoms with E-state index in [-0.39, 0.29) is 29.3 Å². The molecule has 1 amide bonds. The average Bonchev–Trinajstić information content (AvgIpc) is 3.20. The lowest BCUT2D eigenvalue weighted by atomic mass is 9.79. The quantitative estimate of drug-likeness (QED) is 0.565. The van der Waals surface area contributed by atoms with Crippen molar-refractivity contribution in [1.29, 1.82) is 0 Å². The van der Waals surface area contributed by atoms with Gasteiger partial charge in [-0.25, -0.2) is 0 Å². The first-order valence-corrected chi connectivity index (χ1v) is 10.4. The van der Waals surface area contributed by atoms with E-state index in [0.717, 1.165) is 24.8 Å². The zero-order valence-corrected chi connectivity index (χ0v) is 18.1. The first-order chi connectivity index (χ1) is 13.3. The predicted molar refractivity (Wildman–Crippen MR) is 115 cm³/mol. The van der Waals surface area contributed by atoms with Gasteiger partial charge in [-0.05, 0) is 51.7 Å². The normalized spacial score (nSPS) is 12.8. The molecule has 0 spiro atoms. The van der Waals surface area contributed by atoms with Crippen molar-refractivity contribution < 1.29 is 9.59 Å². The van der Waals surface area contributed by atoms with Gasteiger partial charge < -0.3 is 4.90 Å². The molecule has 2 rings (SSSR count). The van der Waals surface area contributed by atoms with Crippen molar-refractivity contribution in [3.05, 3.63) is 59.9 Å². The van der Waals surface area contributed by atoms with Crippen molar-refractivity contribution in [2.45, 2.75) is 72.9 Å². The van der Waals surface area contributed by atoms with Crippen LogP contribution in [0.3, 0.4) is 0 Å². The molecule has 4 heteroatoms. The number of carbonyl (C=O) groups is 2. The molecule has 0 saturated heterocycles. The third kappa shape index (κ3) is 4.21. The lowest BCUT2D eigenvalue weighted by molar-refractivity contribution is 0.0624. The maximum Gasteiger partial charge on any atom is 0.256 e. The summed E-state index contributed by atoms with van der Waals surface area (Å²) in [6, 6.07) is 11.8. The second-order valence-electron chi connectivity index (χ2n) is 7.85. The fourth-order valence-electron chi connectivity index (χ4n) is 4.03. The van der Waals surface area contributed by atoms with Crippen LogP contribution in [0.4, 0.5) is 0 Å². The Labute approximate surface area is 169 Å². The monoisotopic (exact) mass is 382 g/mol. The smallest absolute Gasteiger partial charge is 0.256 e. The second kappa shape index (κ2) is 9.22. The average molecular weight is 383 g/mol. The summed E-state index contributed by atoms with van der Waals surface area (Å²) < 4.78 is 1.61. The van der Waals surface area contributed by atoms with Gasteiger partial charge in [0, 0.05) is 23.9 Å². The molecular formula is C24H34N2O2. The molecule has 0 bridgehead atoms. The van der Waals surface area contributed by atoms with Crippen LogP contribution in [-0.2, 0) is 0 Å². The molecule has 28 heavy (non-hydrogen) atoms. The highest BCUT2D eigenvalue weighted by Gasteiger charge is 2.34. The summed E-state index contributed by atoms with van der Waals surface area (Å²) >= 11 is 0. The van der Waals surface area contributed by atoms with Gasteiger partial charge in [0.25, 0.3) is 5.91 Å². The maximum absolute atomic E-state index is 13.3. The first-order valence-electron chi connectivity index (χ1n) is 10.4. The first kappa shape index (κ1) is 21.9. The summed E-state index contributed by atoms with van der Waals surface area (Å²) in [5.74, 6) is 0.0271. The highest BCUT2D eigenvalue weighted by atomic mass is 16.2. The number of benzene rings is 1. The van der Waals surface area contributed by atoms with Crippen molar-refractivity contribution >= 4 is 11.8 Å². The maximum atomic E-state index is 13.3. The summed E-state index contributed by atoms with van der Waals surface area (Å²) in [5.41, 5.74) is 1.29. The minimum Gasteiger partial charge on any atom is -0.329 e. The van der Waals surface area contributed by atoms with E-state index in [1.807, 2.05) is 56.0 Å². The molecule has 1 aromatic heterocycles. The summed E-state index contributed by atoms with van der Waals surface area (Å²) in [6.45, 7) is 12.3. The molecule has 0 aliphatic heterocycles. The molecule has 2 aromatic rings. The zero-order valence-electron chi connectivity index (χ0n) is 18.1. The van der Waals surface area contributed by atoms with E-state index in [9.17, 15) is 9.59 Å². The molecule has 1 aromatic carbocycles. The Balaban J connectivity index is 2.32. The van der Waals surface area contributed by atoms with E-state index in [1.54, 1.807) is 23.0 Å². The van der Waals surface area contributed by atoms with Crippen LogP contribution in [0.25, 0.3) is 0 Å². The lowest BCUT2D eigenvalue weighted by Crippen LogP contribution is -2.39. The highest BCUT2D eigenvalue weighted by Crippen LogP contribution is 2.33. The number of nitrogens with zero attached hydrogens (tertiary/aromatic N) is 2. The van der Waals surface area contributed by atoms with Crippen LogP contribution in [0.5, 0.6) is 0 Å². The number of hydrogen-bond acceptors (Lipinski definition) is 2. The van der Waals surface area contributed by atoms with Crippen LogP contribution in [0.2, 0.25) is 0 Å². The van der Waals surface area contributed by atoms with Gasteiger partial charge in [0.2, 0.25) is 5.91 Å². The summed E-state index contributed by atoms with van der Waals surface area (Å²) in [5, 5.41) is 0. The SMILES string of the molecule is CCC(CC)(CC)C(=O)n1ccc(C(=O)N(C(C)C)C(C)c2ccccc2)c1. The minimum absolute atomic E-state index is 0.0442. The molecule has 0 fully saturated rings. The molecule has 0 aliphatic rings. The Hall–Kier alpha value is -2.36. The molecule has 1 atom stereocenters. The van der Waals surface area contributed by atoms with Gasteiger partial charge in [-0.15, -0.1) is 0 Å². The fourth-order valence-corrected chi connectivity index (χ4v) is 4.03. The standard InChI is InChI=1S/C24H34N2O2/c1-7-24(8-2,9-3)23(28)25-16-15-21(17-25)22(27)26(18(4)5)19(6)20-13-11-10-12-14-20/h10-19H,7-9H2,1-6H3. The summed E-state index contributed by atoms with van der Waals surface area (Å²) in [7, 11) is 0. The minimum atomic E-state index is -0.367. The highest BCUT2D eigenvalue weighted by molar-refractivity contribution is 5.96. The van der Waals surface area contributed by atoms with E-state index >= 15 is 0 Å². The van der Waals surface area contributed by atoms with Gasteiger partial charge in [-0.2, -0.15) is 0 Å². The van der Waals surface area contributed by atoms with Crippen LogP contribution in [0.15, 0.2) is 48.8 Å². The van der Waals surface area contributed by atoms with Gasteiger partial charge in [-0.3, -0.25) is 14.2 Å². The van der Waals surface area contributed by atoms with Crippen molar-refractivity contribution in [2.75, 3.05) is 0 Å². The Morgan fingerprint density at radius 3 is 2.04 bits per heavy atom. The van der Waals surface area contributed by atoms with Gasteiger partial charge in [0.1, 0.15) is 0 Å². The summed E-state index contributed by atoms with van der Waals surface area (Å²) in [4.78, 5) is 28.3. The molecule has 0 N–H and O–H groups in total. The van der Waals surface area contributed by atoms with Crippen molar-refractivity contribution in [1.82, 2.24) is 9.47 Å². The van der Waals surface area contributed by atoms with Crippen LogP contribution >= 0.6 is 0 Å². The Morgan fingerprint density at radius 1 is 0.964 bits per heavy atom. The van der Waals surface area contributed by atoms with Gasteiger partial charge >= 0.3 is 0 Å². The molecule has 0 radical (unpaired) electrons. The molecule has 4 nitrogen and oxygen atoms in total. The van der Waals surface area contributed by atoms with Crippen LogP contribution in [0, 0.1) is 5.41 Å². The van der Waals surface area contributed by atoms with E-state index in [2.05, 4.69) is 20.8 Å². The van der Waals surface area contributed by atoms with E-state index in [1.165, 1.54) is 0 Å². The number of hydrogen-bond donors (Lipinski definition) is 0. The molecular weight excluding hydrogens is 348 g/mol. The van der Waals surface area contributed by atoms with Gasteiger partial charge in [0.05, 0.1) is 11.6 Å². The molecule has 0 saturated carbocycles. The number of amides is 1. The van der Waals surface area contributed by atoms with Gasteiger partial charge in [-0.1, -0.05) is 51.1 Å². The second-order valence-corrected chi connectivity index (χ2v) is 7.85. The van der Waals surface area contributed by atoms with Crippen molar-refractivity contribution in [3.63, 3.8) is 0 Å².